The van der Waals surface area contributed by atoms with E-state index in [0.29, 0.717) is 12.1 Å². The van der Waals surface area contributed by atoms with Gasteiger partial charge in [0.05, 0.1) is 0 Å². The molecule has 4 nitrogen and oxygen atoms in total. The van der Waals surface area contributed by atoms with Crippen LogP contribution in [0.1, 0.15) is 33.1 Å². The zero-order valence-corrected chi connectivity index (χ0v) is 13.8. The maximum absolute atomic E-state index is 4.21. The molecule has 0 aromatic rings. The van der Waals surface area contributed by atoms with Gasteiger partial charge in [0, 0.05) is 32.2 Å². The SMILES string of the molecule is CCC(C)N(C)CCNC(=NC)NC1CC1.I. The van der Waals surface area contributed by atoms with E-state index in [9.17, 15) is 0 Å². The molecule has 1 aliphatic carbocycles. The first kappa shape index (κ1) is 17.0. The summed E-state index contributed by atoms with van der Waals surface area (Å²) in [6, 6.07) is 1.32. The predicted molar refractivity (Wildman–Crippen MR) is 85.3 cm³/mol. The van der Waals surface area contributed by atoms with Crippen LogP contribution in [0.15, 0.2) is 4.99 Å². The Bertz CT molecular complexity index is 229. The van der Waals surface area contributed by atoms with Crippen molar-refractivity contribution < 1.29 is 0 Å². The first-order chi connectivity index (χ1) is 7.67. The number of guanidine groups is 1. The van der Waals surface area contributed by atoms with Gasteiger partial charge in [0.1, 0.15) is 0 Å². The molecule has 0 heterocycles. The van der Waals surface area contributed by atoms with Gasteiger partial charge in [-0.2, -0.15) is 0 Å². The number of rotatable bonds is 6. The standard InChI is InChI=1S/C12H26N4.HI/c1-5-10(2)16(4)9-8-14-12(13-3)15-11-6-7-11;/h10-11H,5-9H2,1-4H3,(H2,13,14,15);1H. The topological polar surface area (TPSA) is 39.7 Å². The van der Waals surface area contributed by atoms with Gasteiger partial charge in [-0.15, -0.1) is 24.0 Å². The van der Waals surface area contributed by atoms with E-state index < -0.39 is 0 Å². The van der Waals surface area contributed by atoms with Gasteiger partial charge < -0.3 is 15.5 Å². The molecule has 1 atom stereocenters. The molecule has 17 heavy (non-hydrogen) atoms. The summed E-state index contributed by atoms with van der Waals surface area (Å²) in [6.07, 6.45) is 3.77. The highest BCUT2D eigenvalue weighted by Crippen LogP contribution is 2.18. The van der Waals surface area contributed by atoms with Crippen molar-refractivity contribution in [3.8, 4) is 0 Å². The molecule has 0 spiro atoms. The summed E-state index contributed by atoms with van der Waals surface area (Å²) < 4.78 is 0. The van der Waals surface area contributed by atoms with Crippen LogP contribution in [0.4, 0.5) is 0 Å². The van der Waals surface area contributed by atoms with Crippen LogP contribution in [0.25, 0.3) is 0 Å². The van der Waals surface area contributed by atoms with Crippen LogP contribution >= 0.6 is 24.0 Å². The summed E-state index contributed by atoms with van der Waals surface area (Å²) in [4.78, 5) is 6.58. The molecular weight excluding hydrogens is 327 g/mol. The third kappa shape index (κ3) is 7.08. The van der Waals surface area contributed by atoms with Crippen LogP contribution in [0, 0.1) is 0 Å². The number of nitrogens with one attached hydrogen (secondary N) is 2. The van der Waals surface area contributed by atoms with Crippen molar-refractivity contribution in [2.75, 3.05) is 27.2 Å². The lowest BCUT2D eigenvalue weighted by Crippen LogP contribution is -2.43. The molecule has 1 unspecified atom stereocenters. The number of hydrogen-bond donors (Lipinski definition) is 2. The monoisotopic (exact) mass is 354 g/mol. The van der Waals surface area contributed by atoms with E-state index >= 15 is 0 Å². The van der Waals surface area contributed by atoms with Gasteiger partial charge in [0.15, 0.2) is 5.96 Å². The van der Waals surface area contributed by atoms with Crippen LogP contribution in [0.2, 0.25) is 0 Å². The van der Waals surface area contributed by atoms with Crippen molar-refractivity contribution in [2.45, 2.75) is 45.2 Å². The Morgan fingerprint density at radius 3 is 2.59 bits per heavy atom. The van der Waals surface area contributed by atoms with Crippen LogP contribution in [0.3, 0.4) is 0 Å². The highest BCUT2D eigenvalue weighted by atomic mass is 127. The molecule has 102 valence electrons. The number of halogens is 1. The van der Waals surface area contributed by atoms with Gasteiger partial charge in [0.25, 0.3) is 0 Å². The Hall–Kier alpha value is -0.0400. The Kier molecular flexibility index (Phi) is 8.94. The highest BCUT2D eigenvalue weighted by Gasteiger charge is 2.21. The third-order valence-electron chi connectivity index (χ3n) is 3.24. The van der Waals surface area contributed by atoms with E-state index in [1.165, 1.54) is 19.3 Å². The molecule has 0 bridgehead atoms. The first-order valence-electron chi connectivity index (χ1n) is 6.34. The molecule has 1 aliphatic rings. The smallest absolute Gasteiger partial charge is 0.191 e. The Morgan fingerprint density at radius 1 is 1.47 bits per heavy atom. The van der Waals surface area contributed by atoms with E-state index in [2.05, 4.69) is 41.4 Å². The average Bonchev–Trinajstić information content (AvgIpc) is 3.10. The predicted octanol–water partition coefficient (Wildman–Crippen LogP) is 1.66. The summed E-state index contributed by atoms with van der Waals surface area (Å²) in [5, 5.41) is 6.73. The van der Waals surface area contributed by atoms with Crippen molar-refractivity contribution in [2.24, 2.45) is 4.99 Å². The number of nitrogens with zero attached hydrogens (tertiary/aromatic N) is 2. The van der Waals surface area contributed by atoms with Gasteiger partial charge in [0.2, 0.25) is 0 Å². The molecule has 1 fully saturated rings. The van der Waals surface area contributed by atoms with E-state index in [1.807, 2.05) is 7.05 Å². The number of aliphatic imine (C=N–C) groups is 1. The molecule has 1 saturated carbocycles. The molecule has 0 amide bonds. The fraction of sp³-hybridized carbons (Fsp3) is 0.917. The van der Waals surface area contributed by atoms with Crippen molar-refractivity contribution in [1.82, 2.24) is 15.5 Å². The molecule has 5 heteroatoms. The minimum Gasteiger partial charge on any atom is -0.355 e. The minimum absolute atomic E-state index is 0. The average molecular weight is 354 g/mol. The fourth-order valence-corrected chi connectivity index (χ4v) is 1.50. The minimum atomic E-state index is 0. The Balaban J connectivity index is 0.00000256. The Labute approximate surface area is 123 Å². The van der Waals surface area contributed by atoms with E-state index in [0.717, 1.165) is 19.0 Å². The van der Waals surface area contributed by atoms with Gasteiger partial charge in [-0.25, -0.2) is 0 Å². The van der Waals surface area contributed by atoms with Crippen LogP contribution in [-0.2, 0) is 0 Å². The normalized spacial score (nSPS) is 17.6. The Morgan fingerprint density at radius 2 is 2.12 bits per heavy atom. The fourth-order valence-electron chi connectivity index (χ4n) is 1.50. The van der Waals surface area contributed by atoms with Crippen molar-refractivity contribution in [3.63, 3.8) is 0 Å². The molecule has 0 aliphatic heterocycles. The van der Waals surface area contributed by atoms with E-state index in [1.54, 1.807) is 0 Å². The lowest BCUT2D eigenvalue weighted by atomic mass is 10.2. The summed E-state index contributed by atoms with van der Waals surface area (Å²) in [6.45, 7) is 6.49. The molecule has 0 aromatic carbocycles. The van der Waals surface area contributed by atoms with Crippen LogP contribution in [-0.4, -0.2) is 50.1 Å². The molecule has 1 rings (SSSR count). The zero-order valence-electron chi connectivity index (χ0n) is 11.5. The van der Waals surface area contributed by atoms with E-state index in [-0.39, 0.29) is 24.0 Å². The molecule has 0 saturated heterocycles. The maximum atomic E-state index is 4.21. The maximum Gasteiger partial charge on any atom is 0.191 e. The molecule has 2 N–H and O–H groups in total. The second-order valence-electron chi connectivity index (χ2n) is 4.66. The van der Waals surface area contributed by atoms with E-state index in [4.69, 9.17) is 0 Å². The van der Waals surface area contributed by atoms with Crippen molar-refractivity contribution in [1.29, 1.82) is 0 Å². The van der Waals surface area contributed by atoms with Gasteiger partial charge in [-0.05, 0) is 33.2 Å². The van der Waals surface area contributed by atoms with Gasteiger partial charge >= 0.3 is 0 Å². The largest absolute Gasteiger partial charge is 0.355 e. The first-order valence-corrected chi connectivity index (χ1v) is 6.34. The lowest BCUT2D eigenvalue weighted by Gasteiger charge is -2.23. The van der Waals surface area contributed by atoms with Crippen LogP contribution in [0.5, 0.6) is 0 Å². The number of likely N-dealkylation sites (N-methyl/N-ethyl adjacent to an activating group) is 1. The molecule has 0 aromatic heterocycles. The summed E-state index contributed by atoms with van der Waals surface area (Å²) >= 11 is 0. The quantitative estimate of drug-likeness (QED) is 0.433. The second-order valence-corrected chi connectivity index (χ2v) is 4.66. The second kappa shape index (κ2) is 8.97. The highest BCUT2D eigenvalue weighted by molar-refractivity contribution is 14.0. The summed E-state index contributed by atoms with van der Waals surface area (Å²) in [7, 11) is 4.00. The zero-order chi connectivity index (χ0) is 12.0. The molecule has 0 radical (unpaired) electrons. The summed E-state index contributed by atoms with van der Waals surface area (Å²) in [5.74, 6) is 0.944. The van der Waals surface area contributed by atoms with Gasteiger partial charge in [-0.3, -0.25) is 4.99 Å². The molecular formula is C12H27IN4. The third-order valence-corrected chi connectivity index (χ3v) is 3.24. The number of hydrogen-bond acceptors (Lipinski definition) is 2. The lowest BCUT2D eigenvalue weighted by molar-refractivity contribution is 0.255. The van der Waals surface area contributed by atoms with Gasteiger partial charge in [-0.1, -0.05) is 6.92 Å². The van der Waals surface area contributed by atoms with Crippen molar-refractivity contribution in [3.05, 3.63) is 0 Å². The summed E-state index contributed by atoms with van der Waals surface area (Å²) in [5.41, 5.74) is 0. The van der Waals surface area contributed by atoms with Crippen LogP contribution < -0.4 is 10.6 Å². The van der Waals surface area contributed by atoms with Crippen molar-refractivity contribution >= 4 is 29.9 Å².